The van der Waals surface area contributed by atoms with Gasteiger partial charge in [-0.2, -0.15) is 13.2 Å². The van der Waals surface area contributed by atoms with Crippen LogP contribution in [-0.2, 0) is 20.5 Å². The Hall–Kier alpha value is -3.29. The minimum Gasteiger partial charge on any atom is -0.493 e. The van der Waals surface area contributed by atoms with E-state index in [1.165, 1.54) is 25.5 Å². The maximum Gasteiger partial charge on any atom is 0.416 e. The molecule has 0 amide bonds. The summed E-state index contributed by atoms with van der Waals surface area (Å²) in [5.74, 6) is -0.900. The Labute approximate surface area is 210 Å². The van der Waals surface area contributed by atoms with E-state index in [2.05, 4.69) is 13.8 Å². The maximum atomic E-state index is 12.8. The Balaban J connectivity index is 0.00000145. The smallest absolute Gasteiger partial charge is 0.416 e. The van der Waals surface area contributed by atoms with Crippen molar-refractivity contribution in [3.05, 3.63) is 72.3 Å². The van der Waals surface area contributed by atoms with Gasteiger partial charge in [-0.25, -0.2) is 0 Å². The van der Waals surface area contributed by atoms with Crippen LogP contribution in [0.2, 0.25) is 0 Å². The van der Waals surface area contributed by atoms with Crippen molar-refractivity contribution in [2.45, 2.75) is 58.7 Å². The molecule has 8 heteroatoms. The van der Waals surface area contributed by atoms with Crippen LogP contribution in [0.3, 0.4) is 0 Å². The Bertz CT molecular complexity index is 988. The summed E-state index contributed by atoms with van der Waals surface area (Å²) in [7, 11) is 0. The largest absolute Gasteiger partial charge is 0.493 e. The highest BCUT2D eigenvalue weighted by atomic mass is 19.4. The van der Waals surface area contributed by atoms with Crippen molar-refractivity contribution in [2.75, 3.05) is 6.61 Å². The van der Waals surface area contributed by atoms with E-state index in [1.54, 1.807) is 24.3 Å². The Morgan fingerprint density at radius 3 is 2.31 bits per heavy atom. The van der Waals surface area contributed by atoms with Crippen molar-refractivity contribution in [1.82, 2.24) is 0 Å². The first-order valence-corrected chi connectivity index (χ1v) is 12.0. The van der Waals surface area contributed by atoms with Crippen LogP contribution in [0.25, 0.3) is 0 Å². The lowest BCUT2D eigenvalue weighted by Gasteiger charge is -2.14. The van der Waals surface area contributed by atoms with Crippen LogP contribution in [-0.4, -0.2) is 24.6 Å². The molecule has 0 bridgehead atoms. The van der Waals surface area contributed by atoms with Crippen molar-refractivity contribution in [3.63, 3.8) is 0 Å². The number of rotatable bonds is 8. The minimum atomic E-state index is -4.43. The molecule has 0 heterocycles. The summed E-state index contributed by atoms with van der Waals surface area (Å²) in [4.78, 5) is 24.1. The van der Waals surface area contributed by atoms with Gasteiger partial charge in [0.05, 0.1) is 18.1 Å². The zero-order valence-corrected chi connectivity index (χ0v) is 20.8. The highest BCUT2D eigenvalue weighted by Gasteiger charge is 2.40. The van der Waals surface area contributed by atoms with Gasteiger partial charge in [-0.3, -0.25) is 9.59 Å². The number of halogens is 3. The number of para-hydroxylation sites is 1. The molecule has 2 aromatic rings. The molecule has 1 aliphatic rings. The molecule has 36 heavy (non-hydrogen) atoms. The molecule has 0 aliphatic heterocycles. The van der Waals surface area contributed by atoms with Crippen LogP contribution < -0.4 is 9.47 Å². The van der Waals surface area contributed by atoms with Crippen molar-refractivity contribution < 1.29 is 37.0 Å². The molecule has 1 aliphatic carbocycles. The third-order valence-corrected chi connectivity index (χ3v) is 5.26. The minimum absolute atomic E-state index is 0.137. The zero-order chi connectivity index (χ0) is 26.6. The summed E-state index contributed by atoms with van der Waals surface area (Å²) in [6, 6.07) is 13.4. The number of hydrogen-bond acceptors (Lipinski definition) is 5. The lowest BCUT2D eigenvalue weighted by Crippen LogP contribution is -2.23. The first-order chi connectivity index (χ1) is 17.1. The molecule has 3 rings (SSSR count). The molecule has 5 nitrogen and oxygen atoms in total. The normalized spacial score (nSPS) is 19.3. The van der Waals surface area contributed by atoms with E-state index in [9.17, 15) is 22.8 Å². The number of allylic oxidation sites excluding steroid dienone is 1. The van der Waals surface area contributed by atoms with Crippen LogP contribution in [0.5, 0.6) is 11.5 Å². The average molecular weight is 507 g/mol. The van der Waals surface area contributed by atoms with E-state index >= 15 is 0 Å². The third kappa shape index (κ3) is 9.76. The molecule has 0 aromatic heterocycles. The summed E-state index contributed by atoms with van der Waals surface area (Å²) in [5.41, 5.74) is -0.766. The number of carbonyl (C=O) groups is 2. The highest BCUT2D eigenvalue weighted by Crippen LogP contribution is 2.36. The van der Waals surface area contributed by atoms with E-state index in [0.717, 1.165) is 12.1 Å². The summed E-state index contributed by atoms with van der Waals surface area (Å²) in [6.45, 7) is 5.75. The monoisotopic (exact) mass is 506 g/mol. The second-order valence-electron chi connectivity index (χ2n) is 8.51. The van der Waals surface area contributed by atoms with Crippen molar-refractivity contribution in [2.24, 2.45) is 11.8 Å². The first kappa shape index (κ1) is 28.9. The third-order valence-electron chi connectivity index (χ3n) is 5.26. The SMILES string of the molecule is CC(=O)O[C@@H]1CC(/C=C/CCOc2cccc(C(F)(F)F)c2)[C@H](C(=O)Oc2ccccc2)C1.CCC. The molecular formula is C28H33F3O5. The highest BCUT2D eigenvalue weighted by molar-refractivity contribution is 5.76. The average Bonchev–Trinajstić information content (AvgIpc) is 3.21. The van der Waals surface area contributed by atoms with Gasteiger partial charge in [-0.15, -0.1) is 0 Å². The van der Waals surface area contributed by atoms with Crippen molar-refractivity contribution in [1.29, 1.82) is 0 Å². The maximum absolute atomic E-state index is 12.8. The number of alkyl halides is 3. The fraction of sp³-hybridized carbons (Fsp3) is 0.429. The van der Waals surface area contributed by atoms with Gasteiger partial charge in [0.1, 0.15) is 17.6 Å². The molecule has 2 aromatic carbocycles. The van der Waals surface area contributed by atoms with Gasteiger partial charge in [0.25, 0.3) is 0 Å². The molecule has 1 saturated carbocycles. The molecule has 196 valence electrons. The number of esters is 2. The second kappa shape index (κ2) is 14.3. The Morgan fingerprint density at radius 1 is 1.00 bits per heavy atom. The van der Waals surface area contributed by atoms with Crippen LogP contribution in [0.1, 0.15) is 52.0 Å². The zero-order valence-electron chi connectivity index (χ0n) is 20.8. The molecule has 1 fully saturated rings. The summed E-state index contributed by atoms with van der Waals surface area (Å²) in [6.07, 6.45) is 1.40. The van der Waals surface area contributed by atoms with Crippen LogP contribution >= 0.6 is 0 Å². The predicted octanol–water partition coefficient (Wildman–Crippen LogP) is 7.01. The number of benzene rings is 2. The predicted molar refractivity (Wildman–Crippen MR) is 131 cm³/mol. The summed E-state index contributed by atoms with van der Waals surface area (Å²) < 4.78 is 54.6. The van der Waals surface area contributed by atoms with Gasteiger partial charge in [0.15, 0.2) is 0 Å². The standard InChI is InChI=1S/C25H25F3O5.C3H8/c1-17(29)32-22-14-18(23(16-22)24(30)33-20-10-3-2-4-11-20)8-5-6-13-31-21-12-7-9-19(15-21)25(26,27)28;1-3-2/h2-5,7-12,15,18,22-23H,6,13-14,16H2,1H3;3H2,1-2H3/b8-5+;/t18?,22-,23-;/m1./s1. The van der Waals surface area contributed by atoms with Gasteiger partial charge >= 0.3 is 18.1 Å². The van der Waals surface area contributed by atoms with Crippen LogP contribution in [0.15, 0.2) is 66.7 Å². The quantitative estimate of drug-likeness (QED) is 0.167. The topological polar surface area (TPSA) is 61.8 Å². The molecule has 3 atom stereocenters. The molecular weight excluding hydrogens is 473 g/mol. The molecule has 0 saturated heterocycles. The molecule has 1 unspecified atom stereocenters. The molecule has 0 radical (unpaired) electrons. The van der Waals surface area contributed by atoms with Gasteiger partial charge in [0.2, 0.25) is 0 Å². The summed E-state index contributed by atoms with van der Waals surface area (Å²) in [5, 5.41) is 0. The fourth-order valence-corrected chi connectivity index (χ4v) is 3.80. The van der Waals surface area contributed by atoms with E-state index < -0.39 is 29.6 Å². The number of ether oxygens (including phenoxy) is 3. The second-order valence-corrected chi connectivity index (χ2v) is 8.51. The van der Waals surface area contributed by atoms with Crippen LogP contribution in [0.4, 0.5) is 13.2 Å². The van der Waals surface area contributed by atoms with Crippen LogP contribution in [0, 0.1) is 11.8 Å². The van der Waals surface area contributed by atoms with E-state index in [4.69, 9.17) is 14.2 Å². The number of carbonyl (C=O) groups excluding carboxylic acids is 2. The molecule has 0 spiro atoms. The van der Waals surface area contributed by atoms with E-state index in [-0.39, 0.29) is 24.4 Å². The lowest BCUT2D eigenvalue weighted by atomic mass is 9.95. The first-order valence-electron chi connectivity index (χ1n) is 12.0. The number of hydrogen-bond donors (Lipinski definition) is 0. The molecule has 0 N–H and O–H groups in total. The van der Waals surface area contributed by atoms with E-state index in [1.807, 2.05) is 18.2 Å². The Kier molecular flexibility index (Phi) is 11.5. The lowest BCUT2D eigenvalue weighted by molar-refractivity contribution is -0.147. The van der Waals surface area contributed by atoms with Crippen molar-refractivity contribution >= 4 is 11.9 Å². The fourth-order valence-electron chi connectivity index (χ4n) is 3.80. The van der Waals surface area contributed by atoms with Gasteiger partial charge in [-0.1, -0.05) is 56.7 Å². The Morgan fingerprint density at radius 2 is 1.67 bits per heavy atom. The van der Waals surface area contributed by atoms with Gasteiger partial charge < -0.3 is 14.2 Å². The summed E-state index contributed by atoms with van der Waals surface area (Å²) >= 11 is 0. The van der Waals surface area contributed by atoms with Crippen molar-refractivity contribution in [3.8, 4) is 11.5 Å². The van der Waals surface area contributed by atoms with Gasteiger partial charge in [0, 0.05) is 6.92 Å². The van der Waals surface area contributed by atoms with Gasteiger partial charge in [-0.05, 0) is 55.5 Å². The van der Waals surface area contributed by atoms with E-state index in [0.29, 0.717) is 25.0 Å².